The summed E-state index contributed by atoms with van der Waals surface area (Å²) in [5.74, 6) is 0. The highest BCUT2D eigenvalue weighted by atomic mass is 79.9. The maximum absolute atomic E-state index is 5.67. The van der Waals surface area contributed by atoms with Gasteiger partial charge in [0.05, 0.1) is 6.61 Å². The second-order valence-corrected chi connectivity index (χ2v) is 4.30. The largest absolute Gasteiger partial charge is 0.399 e. The molecule has 1 rings (SSSR count). The molecular formula is C11H17BrN2O. The van der Waals surface area contributed by atoms with Crippen LogP contribution in [-0.2, 0) is 4.74 Å². The number of ether oxygens (including phenoxy) is 1. The molecule has 4 heteroatoms. The van der Waals surface area contributed by atoms with Crippen LogP contribution in [-0.4, -0.2) is 19.8 Å². The second kappa shape index (κ2) is 5.98. The van der Waals surface area contributed by atoms with Crippen LogP contribution in [0.25, 0.3) is 0 Å². The van der Waals surface area contributed by atoms with Crippen molar-refractivity contribution in [2.45, 2.75) is 19.4 Å². The molecule has 0 heterocycles. The quantitative estimate of drug-likeness (QED) is 0.811. The van der Waals surface area contributed by atoms with Crippen LogP contribution in [0, 0.1) is 0 Å². The summed E-state index contributed by atoms with van der Waals surface area (Å²) in [6.07, 6.45) is 1.02. The molecule has 0 aliphatic carbocycles. The fourth-order valence-electron chi connectivity index (χ4n) is 1.33. The van der Waals surface area contributed by atoms with E-state index in [0.29, 0.717) is 12.6 Å². The van der Waals surface area contributed by atoms with Gasteiger partial charge >= 0.3 is 0 Å². The zero-order valence-electron chi connectivity index (χ0n) is 9.09. The summed E-state index contributed by atoms with van der Waals surface area (Å²) < 4.78 is 6.11. The van der Waals surface area contributed by atoms with E-state index in [-0.39, 0.29) is 0 Å². The molecule has 0 aromatic heterocycles. The van der Waals surface area contributed by atoms with Gasteiger partial charge in [-0.15, -0.1) is 0 Å². The van der Waals surface area contributed by atoms with Crippen LogP contribution in [0.2, 0.25) is 0 Å². The van der Waals surface area contributed by atoms with Gasteiger partial charge in [0, 0.05) is 29.0 Å². The highest BCUT2D eigenvalue weighted by molar-refractivity contribution is 9.10. The summed E-state index contributed by atoms with van der Waals surface area (Å²) in [4.78, 5) is 0. The van der Waals surface area contributed by atoms with Gasteiger partial charge in [-0.2, -0.15) is 0 Å². The third kappa shape index (κ3) is 3.72. The lowest BCUT2D eigenvalue weighted by molar-refractivity contribution is 0.184. The normalized spacial score (nSPS) is 12.5. The van der Waals surface area contributed by atoms with Crippen LogP contribution in [0.3, 0.4) is 0 Å². The highest BCUT2D eigenvalue weighted by Crippen LogP contribution is 2.25. The maximum atomic E-state index is 5.67. The lowest BCUT2D eigenvalue weighted by Gasteiger charge is -2.18. The van der Waals surface area contributed by atoms with E-state index in [0.717, 1.165) is 22.3 Å². The van der Waals surface area contributed by atoms with Gasteiger partial charge in [-0.3, -0.25) is 0 Å². The van der Waals surface area contributed by atoms with Gasteiger partial charge in [0.1, 0.15) is 0 Å². The Labute approximate surface area is 99.1 Å². The lowest BCUT2D eigenvalue weighted by atomic mass is 10.2. The SMILES string of the molecule is CCC(COC)Nc1ccc(N)cc1Br. The summed E-state index contributed by atoms with van der Waals surface area (Å²) in [7, 11) is 1.71. The predicted octanol–water partition coefficient (Wildman–Crippen LogP) is 2.87. The number of anilines is 2. The first kappa shape index (κ1) is 12.3. The number of nitrogens with one attached hydrogen (secondary N) is 1. The zero-order chi connectivity index (χ0) is 11.3. The molecule has 0 bridgehead atoms. The Hall–Kier alpha value is -0.740. The molecule has 0 radical (unpaired) electrons. The van der Waals surface area contributed by atoms with E-state index in [1.165, 1.54) is 0 Å². The average molecular weight is 273 g/mol. The van der Waals surface area contributed by atoms with Crippen molar-refractivity contribution in [3.63, 3.8) is 0 Å². The Kier molecular flexibility index (Phi) is 4.91. The van der Waals surface area contributed by atoms with Crippen LogP contribution in [0.5, 0.6) is 0 Å². The number of halogens is 1. The molecule has 0 fully saturated rings. The Morgan fingerprint density at radius 2 is 2.27 bits per heavy atom. The van der Waals surface area contributed by atoms with E-state index in [2.05, 4.69) is 28.2 Å². The van der Waals surface area contributed by atoms with Gasteiger partial charge < -0.3 is 15.8 Å². The Balaban J connectivity index is 2.70. The van der Waals surface area contributed by atoms with Gasteiger partial charge in [0.2, 0.25) is 0 Å². The van der Waals surface area contributed by atoms with E-state index >= 15 is 0 Å². The summed E-state index contributed by atoms with van der Waals surface area (Å²) in [5, 5.41) is 3.40. The maximum Gasteiger partial charge on any atom is 0.0663 e. The summed E-state index contributed by atoms with van der Waals surface area (Å²) >= 11 is 3.47. The minimum atomic E-state index is 0.329. The third-order valence-corrected chi connectivity index (χ3v) is 2.87. The van der Waals surface area contributed by atoms with Crippen molar-refractivity contribution in [1.82, 2.24) is 0 Å². The number of benzene rings is 1. The number of hydrogen-bond donors (Lipinski definition) is 2. The fourth-order valence-corrected chi connectivity index (χ4v) is 1.84. The first-order valence-corrected chi connectivity index (χ1v) is 5.77. The smallest absolute Gasteiger partial charge is 0.0663 e. The first-order valence-electron chi connectivity index (χ1n) is 4.97. The van der Waals surface area contributed by atoms with E-state index in [4.69, 9.17) is 10.5 Å². The van der Waals surface area contributed by atoms with Crippen molar-refractivity contribution >= 4 is 27.3 Å². The number of methoxy groups -OCH3 is 1. The van der Waals surface area contributed by atoms with Crippen molar-refractivity contribution in [1.29, 1.82) is 0 Å². The van der Waals surface area contributed by atoms with Gasteiger partial charge in [0.15, 0.2) is 0 Å². The number of nitrogen functional groups attached to an aromatic ring is 1. The molecule has 15 heavy (non-hydrogen) atoms. The fraction of sp³-hybridized carbons (Fsp3) is 0.455. The molecule has 1 unspecified atom stereocenters. The molecule has 3 nitrogen and oxygen atoms in total. The number of nitrogens with two attached hydrogens (primary N) is 1. The molecule has 0 saturated carbocycles. The Morgan fingerprint density at radius 3 is 2.80 bits per heavy atom. The molecule has 0 saturated heterocycles. The van der Waals surface area contributed by atoms with E-state index in [9.17, 15) is 0 Å². The van der Waals surface area contributed by atoms with Crippen molar-refractivity contribution in [3.05, 3.63) is 22.7 Å². The summed E-state index contributed by atoms with van der Waals surface area (Å²) in [6.45, 7) is 2.83. The monoisotopic (exact) mass is 272 g/mol. The zero-order valence-corrected chi connectivity index (χ0v) is 10.7. The molecule has 0 aliphatic heterocycles. The van der Waals surface area contributed by atoms with E-state index in [1.54, 1.807) is 7.11 Å². The van der Waals surface area contributed by atoms with E-state index in [1.807, 2.05) is 18.2 Å². The standard InChI is InChI=1S/C11H17BrN2O/c1-3-9(7-15-2)14-11-5-4-8(13)6-10(11)12/h4-6,9,14H,3,7,13H2,1-2H3. The molecule has 0 spiro atoms. The van der Waals surface area contributed by atoms with Crippen LogP contribution < -0.4 is 11.1 Å². The lowest BCUT2D eigenvalue weighted by Crippen LogP contribution is -2.24. The van der Waals surface area contributed by atoms with Crippen molar-refractivity contribution in [3.8, 4) is 0 Å². The predicted molar refractivity (Wildman–Crippen MR) is 68.1 cm³/mol. The van der Waals surface area contributed by atoms with Gasteiger partial charge in [-0.05, 0) is 40.5 Å². The molecule has 1 atom stereocenters. The summed E-state index contributed by atoms with van der Waals surface area (Å²) in [5.41, 5.74) is 7.47. The van der Waals surface area contributed by atoms with Crippen LogP contribution >= 0.6 is 15.9 Å². The minimum Gasteiger partial charge on any atom is -0.399 e. The summed E-state index contributed by atoms with van der Waals surface area (Å²) in [6, 6.07) is 6.07. The number of rotatable bonds is 5. The second-order valence-electron chi connectivity index (χ2n) is 3.44. The molecular weight excluding hydrogens is 256 g/mol. The molecule has 3 N–H and O–H groups in total. The van der Waals surface area contributed by atoms with Gasteiger partial charge in [-0.1, -0.05) is 6.92 Å². The van der Waals surface area contributed by atoms with Crippen molar-refractivity contribution < 1.29 is 4.74 Å². The highest BCUT2D eigenvalue weighted by Gasteiger charge is 2.07. The van der Waals surface area contributed by atoms with E-state index < -0.39 is 0 Å². The number of hydrogen-bond acceptors (Lipinski definition) is 3. The molecule has 1 aromatic carbocycles. The molecule has 1 aromatic rings. The van der Waals surface area contributed by atoms with Crippen LogP contribution in [0.1, 0.15) is 13.3 Å². The Morgan fingerprint density at radius 1 is 1.53 bits per heavy atom. The first-order chi connectivity index (χ1) is 7.17. The third-order valence-electron chi connectivity index (χ3n) is 2.21. The Bertz CT molecular complexity index is 317. The molecule has 0 amide bonds. The van der Waals surface area contributed by atoms with Gasteiger partial charge in [0.25, 0.3) is 0 Å². The van der Waals surface area contributed by atoms with Crippen LogP contribution in [0.4, 0.5) is 11.4 Å². The molecule has 0 aliphatic rings. The topological polar surface area (TPSA) is 47.3 Å². The van der Waals surface area contributed by atoms with Crippen LogP contribution in [0.15, 0.2) is 22.7 Å². The van der Waals surface area contributed by atoms with Crippen molar-refractivity contribution in [2.24, 2.45) is 0 Å². The minimum absolute atomic E-state index is 0.329. The van der Waals surface area contributed by atoms with Crippen molar-refractivity contribution in [2.75, 3.05) is 24.8 Å². The molecule has 84 valence electrons. The average Bonchev–Trinajstić information content (AvgIpc) is 2.21. The van der Waals surface area contributed by atoms with Gasteiger partial charge in [-0.25, -0.2) is 0 Å².